The third-order valence-electron chi connectivity index (χ3n) is 3.61. The summed E-state index contributed by atoms with van der Waals surface area (Å²) in [7, 11) is 0. The van der Waals surface area contributed by atoms with Crippen LogP contribution < -0.4 is 5.73 Å². The van der Waals surface area contributed by atoms with Gasteiger partial charge in [-0.2, -0.15) is 13.2 Å². The number of halogens is 3. The molecule has 1 aromatic carbocycles. The monoisotopic (exact) mass is 300 g/mol. The largest absolute Gasteiger partial charge is 0.416 e. The standard InChI is InChI=1S/C15H19F3N2O/c1-2-3-8-20(11-5-6-11)14(21)12-9-10(15(16,17)18)4-7-13(12)19/h4,7,9,11H,2-3,5-6,8,19H2,1H3. The van der Waals surface area contributed by atoms with E-state index in [9.17, 15) is 18.0 Å². The highest BCUT2D eigenvalue weighted by molar-refractivity contribution is 5.99. The predicted octanol–water partition coefficient (Wildman–Crippen LogP) is 3.69. The molecule has 2 rings (SSSR count). The van der Waals surface area contributed by atoms with Crippen molar-refractivity contribution in [2.24, 2.45) is 0 Å². The number of nitrogens with two attached hydrogens (primary N) is 1. The minimum atomic E-state index is -4.48. The van der Waals surface area contributed by atoms with Gasteiger partial charge in [0.05, 0.1) is 11.1 Å². The second-order valence-electron chi connectivity index (χ2n) is 5.38. The fraction of sp³-hybridized carbons (Fsp3) is 0.533. The molecule has 3 nitrogen and oxygen atoms in total. The zero-order chi connectivity index (χ0) is 15.6. The van der Waals surface area contributed by atoms with E-state index in [4.69, 9.17) is 5.73 Å². The van der Waals surface area contributed by atoms with Crippen LogP contribution in [0.4, 0.5) is 18.9 Å². The molecule has 0 bridgehead atoms. The van der Waals surface area contributed by atoms with E-state index in [0.717, 1.165) is 43.9 Å². The average Bonchev–Trinajstić information content (AvgIpc) is 3.22. The molecule has 0 radical (unpaired) electrons. The van der Waals surface area contributed by atoms with Crippen molar-refractivity contribution in [2.75, 3.05) is 12.3 Å². The van der Waals surface area contributed by atoms with Gasteiger partial charge in [-0.3, -0.25) is 4.79 Å². The maximum atomic E-state index is 12.8. The number of rotatable bonds is 5. The Hall–Kier alpha value is -1.72. The van der Waals surface area contributed by atoms with Gasteiger partial charge in [-0.1, -0.05) is 13.3 Å². The molecule has 0 unspecified atom stereocenters. The number of unbranched alkanes of at least 4 members (excludes halogenated alkanes) is 1. The number of hydrogen-bond donors (Lipinski definition) is 1. The Balaban J connectivity index is 2.28. The van der Waals surface area contributed by atoms with Crippen molar-refractivity contribution in [3.63, 3.8) is 0 Å². The zero-order valence-electron chi connectivity index (χ0n) is 11.9. The molecule has 1 aliphatic rings. The van der Waals surface area contributed by atoms with Crippen LogP contribution in [0.2, 0.25) is 0 Å². The minimum absolute atomic E-state index is 0.0483. The first-order valence-electron chi connectivity index (χ1n) is 7.12. The number of alkyl halides is 3. The fourth-order valence-electron chi connectivity index (χ4n) is 2.24. The summed E-state index contributed by atoms with van der Waals surface area (Å²) in [6, 6.07) is 3.07. The van der Waals surface area contributed by atoms with Gasteiger partial charge in [0.1, 0.15) is 0 Å². The van der Waals surface area contributed by atoms with E-state index in [-0.39, 0.29) is 17.3 Å². The molecule has 2 N–H and O–H groups in total. The molecule has 0 atom stereocenters. The van der Waals surface area contributed by atoms with Gasteiger partial charge in [0.15, 0.2) is 0 Å². The first kappa shape index (κ1) is 15.7. The van der Waals surface area contributed by atoms with E-state index < -0.39 is 17.6 Å². The van der Waals surface area contributed by atoms with Crippen LogP contribution in [0, 0.1) is 0 Å². The summed E-state index contributed by atoms with van der Waals surface area (Å²) in [5.74, 6) is -0.394. The lowest BCUT2D eigenvalue weighted by Gasteiger charge is -2.23. The number of anilines is 1. The summed E-state index contributed by atoms with van der Waals surface area (Å²) in [6.07, 6.45) is -0.894. The predicted molar refractivity (Wildman–Crippen MR) is 74.8 cm³/mol. The summed E-state index contributed by atoms with van der Waals surface area (Å²) in [5, 5.41) is 0. The van der Waals surface area contributed by atoms with Gasteiger partial charge in [0.25, 0.3) is 5.91 Å². The molecule has 0 aromatic heterocycles. The highest BCUT2D eigenvalue weighted by Crippen LogP contribution is 2.33. The van der Waals surface area contributed by atoms with Crippen molar-refractivity contribution in [2.45, 2.75) is 44.8 Å². The van der Waals surface area contributed by atoms with Crippen molar-refractivity contribution >= 4 is 11.6 Å². The molecule has 0 heterocycles. The van der Waals surface area contributed by atoms with Crippen LogP contribution in [-0.4, -0.2) is 23.4 Å². The van der Waals surface area contributed by atoms with Crippen molar-refractivity contribution in [1.29, 1.82) is 0 Å². The Bertz CT molecular complexity index is 524. The number of nitrogens with zero attached hydrogens (tertiary/aromatic N) is 1. The van der Waals surface area contributed by atoms with Crippen LogP contribution in [0.1, 0.15) is 48.5 Å². The molecule has 1 aromatic rings. The third kappa shape index (κ3) is 3.68. The molecule has 0 aliphatic heterocycles. The number of carbonyl (C=O) groups excluding carboxylic acids is 1. The second kappa shape index (κ2) is 5.95. The van der Waals surface area contributed by atoms with Crippen LogP contribution in [0.5, 0.6) is 0 Å². The fourth-order valence-corrected chi connectivity index (χ4v) is 2.24. The molecule has 21 heavy (non-hydrogen) atoms. The molecule has 0 spiro atoms. The van der Waals surface area contributed by atoms with Gasteiger partial charge >= 0.3 is 6.18 Å². The lowest BCUT2D eigenvalue weighted by molar-refractivity contribution is -0.137. The van der Waals surface area contributed by atoms with Gasteiger partial charge in [-0.25, -0.2) is 0 Å². The molecule has 116 valence electrons. The topological polar surface area (TPSA) is 46.3 Å². The van der Waals surface area contributed by atoms with E-state index in [1.807, 2.05) is 6.92 Å². The molecule has 0 saturated heterocycles. The summed E-state index contributed by atoms with van der Waals surface area (Å²) in [4.78, 5) is 14.2. The zero-order valence-corrected chi connectivity index (χ0v) is 11.9. The molecular formula is C15H19F3N2O. The lowest BCUT2D eigenvalue weighted by atomic mass is 10.1. The van der Waals surface area contributed by atoms with Crippen molar-refractivity contribution in [3.05, 3.63) is 29.3 Å². The number of nitrogen functional groups attached to an aromatic ring is 1. The van der Waals surface area contributed by atoms with E-state index >= 15 is 0 Å². The third-order valence-corrected chi connectivity index (χ3v) is 3.61. The highest BCUT2D eigenvalue weighted by Gasteiger charge is 2.35. The van der Waals surface area contributed by atoms with Gasteiger partial charge in [0, 0.05) is 18.3 Å². The van der Waals surface area contributed by atoms with Gasteiger partial charge < -0.3 is 10.6 Å². The lowest BCUT2D eigenvalue weighted by Crippen LogP contribution is -2.34. The number of carbonyl (C=O) groups is 1. The highest BCUT2D eigenvalue weighted by atomic mass is 19.4. The Morgan fingerprint density at radius 1 is 1.38 bits per heavy atom. The van der Waals surface area contributed by atoms with E-state index in [0.29, 0.717) is 6.54 Å². The average molecular weight is 300 g/mol. The van der Waals surface area contributed by atoms with Crippen LogP contribution in [0.3, 0.4) is 0 Å². The van der Waals surface area contributed by atoms with Crippen LogP contribution >= 0.6 is 0 Å². The Morgan fingerprint density at radius 2 is 2.05 bits per heavy atom. The summed E-state index contributed by atoms with van der Waals surface area (Å²) in [6.45, 7) is 2.57. The van der Waals surface area contributed by atoms with E-state index in [1.54, 1.807) is 4.90 Å². The van der Waals surface area contributed by atoms with Crippen LogP contribution in [-0.2, 0) is 6.18 Å². The molecule has 1 saturated carbocycles. The van der Waals surface area contributed by atoms with E-state index in [2.05, 4.69) is 0 Å². The first-order valence-corrected chi connectivity index (χ1v) is 7.12. The van der Waals surface area contributed by atoms with Crippen molar-refractivity contribution < 1.29 is 18.0 Å². The summed E-state index contributed by atoms with van der Waals surface area (Å²) in [5.41, 5.74) is 4.91. The van der Waals surface area contributed by atoms with Crippen LogP contribution in [0.15, 0.2) is 18.2 Å². The van der Waals surface area contributed by atoms with E-state index in [1.165, 1.54) is 0 Å². The summed E-state index contributed by atoms with van der Waals surface area (Å²) >= 11 is 0. The molecule has 1 aliphatic carbocycles. The van der Waals surface area contributed by atoms with Crippen LogP contribution in [0.25, 0.3) is 0 Å². The Morgan fingerprint density at radius 3 is 2.57 bits per heavy atom. The number of benzene rings is 1. The first-order chi connectivity index (χ1) is 9.84. The summed E-state index contributed by atoms with van der Waals surface area (Å²) < 4.78 is 38.3. The molecular weight excluding hydrogens is 281 g/mol. The number of amides is 1. The van der Waals surface area contributed by atoms with Crippen molar-refractivity contribution in [1.82, 2.24) is 4.90 Å². The quantitative estimate of drug-likeness (QED) is 0.843. The SMILES string of the molecule is CCCCN(C(=O)c1cc(C(F)(F)F)ccc1N)C1CC1. The smallest absolute Gasteiger partial charge is 0.398 e. The van der Waals surface area contributed by atoms with Crippen molar-refractivity contribution in [3.8, 4) is 0 Å². The normalized spacial score (nSPS) is 15.0. The van der Waals surface area contributed by atoms with Gasteiger partial charge in [-0.15, -0.1) is 0 Å². The number of hydrogen-bond acceptors (Lipinski definition) is 2. The van der Waals surface area contributed by atoms with Gasteiger partial charge in [0.2, 0.25) is 0 Å². The minimum Gasteiger partial charge on any atom is -0.398 e. The molecule has 1 amide bonds. The Labute approximate surface area is 121 Å². The Kier molecular flexibility index (Phi) is 4.44. The molecule has 6 heteroatoms. The maximum Gasteiger partial charge on any atom is 0.416 e. The van der Waals surface area contributed by atoms with Gasteiger partial charge in [-0.05, 0) is 37.5 Å². The maximum absolute atomic E-state index is 12.8. The molecule has 1 fully saturated rings. The second-order valence-corrected chi connectivity index (χ2v) is 5.38.